The minimum atomic E-state index is -0.221. The van der Waals surface area contributed by atoms with Crippen LogP contribution in [0.5, 0.6) is 0 Å². The maximum absolute atomic E-state index is 11.2. The topological polar surface area (TPSA) is 34.1 Å². The van der Waals surface area contributed by atoms with Crippen molar-refractivity contribution in [2.24, 2.45) is 0 Å². The zero-order valence-corrected chi connectivity index (χ0v) is 7.19. The second-order valence-electron chi connectivity index (χ2n) is 2.64. The highest BCUT2D eigenvalue weighted by atomic mass is 16.1. The van der Waals surface area contributed by atoms with Crippen LogP contribution in [0, 0.1) is 0 Å². The third kappa shape index (κ3) is 2.37. The average Bonchev–Trinajstić information content (AvgIpc) is 2.18. The van der Waals surface area contributed by atoms with Crippen molar-refractivity contribution >= 4 is 17.6 Å². The molecule has 66 valence electrons. The van der Waals surface area contributed by atoms with Gasteiger partial charge < -0.3 is 4.79 Å². The molecule has 0 saturated heterocycles. The molecule has 0 unspecified atom stereocenters. The molecule has 0 saturated carbocycles. The lowest BCUT2D eigenvalue weighted by molar-refractivity contribution is -0.118. The molecule has 0 aliphatic carbocycles. The first kappa shape index (κ1) is 9.39. The molecule has 0 bridgehead atoms. The van der Waals surface area contributed by atoms with Crippen LogP contribution in [0.3, 0.4) is 0 Å². The second-order valence-corrected chi connectivity index (χ2v) is 2.64. The summed E-state index contributed by atoms with van der Waals surface area (Å²) < 4.78 is 0. The third-order valence-electron chi connectivity index (χ3n) is 1.73. The normalized spacial score (nSPS) is 9.23. The fraction of sp³-hybridized carbons (Fsp3) is 0.0909. The highest BCUT2D eigenvalue weighted by molar-refractivity contribution is 6.23. The van der Waals surface area contributed by atoms with E-state index in [1.165, 1.54) is 0 Å². The van der Waals surface area contributed by atoms with E-state index in [-0.39, 0.29) is 12.2 Å². The van der Waals surface area contributed by atoms with Crippen molar-refractivity contribution in [2.75, 3.05) is 0 Å². The van der Waals surface area contributed by atoms with Crippen LogP contribution in [0.2, 0.25) is 0 Å². The maximum atomic E-state index is 11.2. The first-order valence-electron chi connectivity index (χ1n) is 3.97. The molecule has 0 fully saturated rings. The number of ketones is 1. The van der Waals surface area contributed by atoms with Crippen LogP contribution in [-0.4, -0.2) is 12.1 Å². The van der Waals surface area contributed by atoms with Gasteiger partial charge in [-0.25, -0.2) is 0 Å². The summed E-state index contributed by atoms with van der Waals surface area (Å²) in [6.07, 6.45) is 0.504. The Balaban J connectivity index is 2.80. The molecule has 0 aliphatic rings. The van der Waals surface area contributed by atoms with Crippen molar-refractivity contribution in [1.29, 1.82) is 0 Å². The lowest BCUT2D eigenvalue weighted by Crippen LogP contribution is -2.00. The van der Waals surface area contributed by atoms with Crippen molar-refractivity contribution in [2.45, 2.75) is 6.42 Å². The first-order valence-corrected chi connectivity index (χ1v) is 3.97. The van der Waals surface area contributed by atoms with Gasteiger partial charge in [0.05, 0.1) is 6.42 Å². The number of Topliss-reactive ketones (excluding diaryl/α,β-unsaturated/α-hetero) is 1. The summed E-state index contributed by atoms with van der Waals surface area (Å²) in [5.41, 5.74) is 1.17. The molecule has 0 N–H and O–H groups in total. The van der Waals surface area contributed by atoms with Crippen LogP contribution < -0.4 is 0 Å². The minimum Gasteiger partial charge on any atom is -0.303 e. The highest BCUT2D eigenvalue weighted by Gasteiger charge is 2.07. The largest absolute Gasteiger partial charge is 0.303 e. The molecule has 0 spiro atoms. The summed E-state index contributed by atoms with van der Waals surface area (Å²) in [6.45, 7) is 3.64. The standard InChI is InChI=1S/C11H10O2/c1-9(11(13)7-8-12)10-5-3-2-4-6-10/h2-6,8H,1,7H2. The lowest BCUT2D eigenvalue weighted by atomic mass is 10.0. The Hall–Kier alpha value is -1.70. The molecule has 1 rings (SSSR count). The number of hydrogen-bond donors (Lipinski definition) is 0. The zero-order chi connectivity index (χ0) is 9.68. The molecule has 0 aromatic heterocycles. The van der Waals surface area contributed by atoms with Gasteiger partial charge in [0.2, 0.25) is 0 Å². The Morgan fingerprint density at radius 2 is 1.92 bits per heavy atom. The van der Waals surface area contributed by atoms with E-state index in [4.69, 9.17) is 0 Å². The van der Waals surface area contributed by atoms with Gasteiger partial charge in [0.15, 0.2) is 5.78 Å². The summed E-state index contributed by atoms with van der Waals surface area (Å²) in [5, 5.41) is 0. The molecule has 0 radical (unpaired) electrons. The van der Waals surface area contributed by atoms with Crippen molar-refractivity contribution in [3.63, 3.8) is 0 Å². The molecule has 2 heteroatoms. The fourth-order valence-corrected chi connectivity index (χ4v) is 0.999. The highest BCUT2D eigenvalue weighted by Crippen LogP contribution is 2.13. The van der Waals surface area contributed by atoms with E-state index in [2.05, 4.69) is 6.58 Å². The molecular formula is C11H10O2. The van der Waals surface area contributed by atoms with Gasteiger partial charge >= 0.3 is 0 Å². The molecule has 0 heterocycles. The first-order chi connectivity index (χ1) is 6.25. The average molecular weight is 174 g/mol. The Bertz CT molecular complexity index is 325. The monoisotopic (exact) mass is 174 g/mol. The van der Waals surface area contributed by atoms with Gasteiger partial charge in [0.25, 0.3) is 0 Å². The van der Waals surface area contributed by atoms with E-state index in [0.717, 1.165) is 5.56 Å². The van der Waals surface area contributed by atoms with Crippen LogP contribution in [-0.2, 0) is 9.59 Å². The van der Waals surface area contributed by atoms with Gasteiger partial charge in [0.1, 0.15) is 6.29 Å². The van der Waals surface area contributed by atoms with Crippen LogP contribution in [0.1, 0.15) is 12.0 Å². The van der Waals surface area contributed by atoms with E-state index in [1.807, 2.05) is 18.2 Å². The molecule has 1 aromatic carbocycles. The summed E-state index contributed by atoms with van der Waals surface area (Å²) in [5.74, 6) is -0.221. The van der Waals surface area contributed by atoms with Gasteiger partial charge in [-0.05, 0) is 5.56 Å². The smallest absolute Gasteiger partial charge is 0.169 e. The van der Waals surface area contributed by atoms with Gasteiger partial charge in [-0.15, -0.1) is 0 Å². The van der Waals surface area contributed by atoms with E-state index in [9.17, 15) is 9.59 Å². The Labute approximate surface area is 76.9 Å². The van der Waals surface area contributed by atoms with Gasteiger partial charge in [-0.3, -0.25) is 4.79 Å². The van der Waals surface area contributed by atoms with Gasteiger partial charge in [-0.2, -0.15) is 0 Å². The minimum absolute atomic E-state index is 0.0896. The molecule has 1 aromatic rings. The predicted octanol–water partition coefficient (Wildman–Crippen LogP) is 1.86. The SMILES string of the molecule is C=C(C(=O)CC=O)c1ccccc1. The number of carbonyl (C=O) groups excluding carboxylic acids is 2. The quantitative estimate of drug-likeness (QED) is 0.396. The van der Waals surface area contributed by atoms with Gasteiger partial charge in [0, 0.05) is 5.57 Å². The van der Waals surface area contributed by atoms with E-state index < -0.39 is 0 Å². The lowest BCUT2D eigenvalue weighted by Gasteiger charge is -2.00. The van der Waals surface area contributed by atoms with Crippen molar-refractivity contribution in [3.8, 4) is 0 Å². The van der Waals surface area contributed by atoms with Crippen LogP contribution in [0.25, 0.3) is 5.57 Å². The van der Waals surface area contributed by atoms with Crippen LogP contribution in [0.15, 0.2) is 36.9 Å². The summed E-state index contributed by atoms with van der Waals surface area (Å²) in [4.78, 5) is 21.3. The number of hydrogen-bond acceptors (Lipinski definition) is 2. The number of carbonyl (C=O) groups is 2. The maximum Gasteiger partial charge on any atom is 0.169 e. The zero-order valence-electron chi connectivity index (χ0n) is 7.19. The summed E-state index contributed by atoms with van der Waals surface area (Å²) in [6, 6.07) is 9.11. The number of aldehydes is 1. The fourth-order valence-electron chi connectivity index (χ4n) is 0.999. The van der Waals surface area contributed by atoms with Crippen molar-refractivity contribution < 1.29 is 9.59 Å². The van der Waals surface area contributed by atoms with Crippen LogP contribution >= 0.6 is 0 Å². The predicted molar refractivity (Wildman–Crippen MR) is 51.2 cm³/mol. The van der Waals surface area contributed by atoms with Crippen LogP contribution in [0.4, 0.5) is 0 Å². The third-order valence-corrected chi connectivity index (χ3v) is 1.73. The van der Waals surface area contributed by atoms with E-state index in [0.29, 0.717) is 11.9 Å². The van der Waals surface area contributed by atoms with Gasteiger partial charge in [-0.1, -0.05) is 36.9 Å². The number of allylic oxidation sites excluding steroid dienone is 1. The molecule has 0 aliphatic heterocycles. The Morgan fingerprint density at radius 3 is 2.46 bits per heavy atom. The molecular weight excluding hydrogens is 164 g/mol. The van der Waals surface area contributed by atoms with Crippen molar-refractivity contribution in [1.82, 2.24) is 0 Å². The van der Waals surface area contributed by atoms with E-state index >= 15 is 0 Å². The molecule has 13 heavy (non-hydrogen) atoms. The second kappa shape index (κ2) is 4.36. The molecule has 0 atom stereocenters. The molecule has 0 amide bonds. The Kier molecular flexibility index (Phi) is 3.15. The number of rotatable bonds is 4. The molecule has 2 nitrogen and oxygen atoms in total. The summed E-state index contributed by atoms with van der Waals surface area (Å²) >= 11 is 0. The summed E-state index contributed by atoms with van der Waals surface area (Å²) in [7, 11) is 0. The van der Waals surface area contributed by atoms with Crippen molar-refractivity contribution in [3.05, 3.63) is 42.5 Å². The Morgan fingerprint density at radius 1 is 1.31 bits per heavy atom. The number of benzene rings is 1. The van der Waals surface area contributed by atoms with E-state index in [1.54, 1.807) is 12.1 Å².